The molecule has 2 aromatic heterocycles. The summed E-state index contributed by atoms with van der Waals surface area (Å²) in [6, 6.07) is 7.74. The van der Waals surface area contributed by atoms with E-state index in [2.05, 4.69) is 16.0 Å². The van der Waals surface area contributed by atoms with Crippen LogP contribution in [0.25, 0.3) is 0 Å². The molecular weight excluding hydrogens is 314 g/mol. The van der Waals surface area contributed by atoms with E-state index in [0.717, 1.165) is 62.3 Å². The first-order valence-corrected chi connectivity index (χ1v) is 8.97. The van der Waals surface area contributed by atoms with Crippen molar-refractivity contribution in [2.75, 3.05) is 18.0 Å². The van der Waals surface area contributed by atoms with Gasteiger partial charge >= 0.3 is 0 Å². The topological polar surface area (TPSA) is 74.8 Å². The summed E-state index contributed by atoms with van der Waals surface area (Å²) in [5, 5.41) is 13.6. The molecule has 0 unspecified atom stereocenters. The maximum absolute atomic E-state index is 12.5. The quantitative estimate of drug-likeness (QED) is 0.841. The van der Waals surface area contributed by atoms with E-state index in [-0.39, 0.29) is 11.6 Å². The Bertz CT molecular complexity index is 857. The lowest BCUT2D eigenvalue weighted by atomic mass is 9.97. The van der Waals surface area contributed by atoms with Gasteiger partial charge in [0.25, 0.3) is 5.56 Å². The van der Waals surface area contributed by atoms with Crippen LogP contribution in [0.5, 0.6) is 0 Å². The van der Waals surface area contributed by atoms with E-state index in [1.807, 2.05) is 6.07 Å². The van der Waals surface area contributed by atoms with Gasteiger partial charge in [0, 0.05) is 25.4 Å². The Kier molecular flexibility index (Phi) is 4.22. The molecule has 1 saturated heterocycles. The number of rotatable bonds is 2. The molecule has 0 amide bonds. The average molecular weight is 335 g/mol. The highest BCUT2D eigenvalue weighted by Gasteiger charge is 2.24. The minimum Gasteiger partial charge on any atom is -0.356 e. The van der Waals surface area contributed by atoms with Crippen molar-refractivity contribution in [3.63, 3.8) is 0 Å². The van der Waals surface area contributed by atoms with Gasteiger partial charge in [-0.15, -0.1) is 0 Å². The number of piperidine rings is 1. The molecule has 3 heterocycles. The highest BCUT2D eigenvalue weighted by molar-refractivity contribution is 5.42. The second-order valence-corrected chi connectivity index (χ2v) is 6.84. The average Bonchev–Trinajstić information content (AvgIpc) is 2.68. The third-order valence-corrected chi connectivity index (χ3v) is 5.24. The zero-order valence-corrected chi connectivity index (χ0v) is 14.2. The third kappa shape index (κ3) is 3.14. The second kappa shape index (κ2) is 6.67. The van der Waals surface area contributed by atoms with Gasteiger partial charge in [0.05, 0.1) is 17.3 Å². The summed E-state index contributed by atoms with van der Waals surface area (Å²) in [7, 11) is 0. The lowest BCUT2D eigenvalue weighted by Gasteiger charge is -2.33. The van der Waals surface area contributed by atoms with Gasteiger partial charge in [-0.1, -0.05) is 0 Å². The lowest BCUT2D eigenvalue weighted by molar-refractivity contribution is 0.347. The Labute approximate surface area is 146 Å². The number of aromatic nitrogens is 3. The first kappa shape index (κ1) is 15.8. The Morgan fingerprint density at radius 2 is 1.96 bits per heavy atom. The molecule has 1 fully saturated rings. The van der Waals surface area contributed by atoms with Gasteiger partial charge in [0.2, 0.25) is 0 Å². The Hall–Kier alpha value is -2.68. The highest BCUT2D eigenvalue weighted by Crippen LogP contribution is 2.25. The van der Waals surface area contributed by atoms with Gasteiger partial charge in [0.15, 0.2) is 0 Å². The summed E-state index contributed by atoms with van der Waals surface area (Å²) in [6.45, 7) is 1.68. The molecular formula is C19H21N5O. The zero-order valence-electron chi connectivity index (χ0n) is 14.2. The van der Waals surface area contributed by atoms with E-state index in [4.69, 9.17) is 10.4 Å². The summed E-state index contributed by atoms with van der Waals surface area (Å²) < 4.78 is 1.72. The SMILES string of the molecule is N#Cc1ccc(N2CCC(n3nc4c(cc3=O)CCCC4)CC2)nc1. The number of nitrogens with zero attached hydrogens (tertiary/aromatic N) is 5. The van der Waals surface area contributed by atoms with Crippen LogP contribution in [-0.4, -0.2) is 27.9 Å². The predicted molar refractivity (Wildman–Crippen MR) is 94.6 cm³/mol. The molecule has 128 valence electrons. The Morgan fingerprint density at radius 1 is 1.16 bits per heavy atom. The third-order valence-electron chi connectivity index (χ3n) is 5.24. The number of aryl methyl sites for hydroxylation is 2. The van der Waals surface area contributed by atoms with E-state index in [1.165, 1.54) is 6.42 Å². The van der Waals surface area contributed by atoms with E-state index in [9.17, 15) is 4.79 Å². The van der Waals surface area contributed by atoms with Crippen LogP contribution in [0.3, 0.4) is 0 Å². The standard InChI is InChI=1S/C19H21N5O/c20-12-14-5-6-18(21-13-14)23-9-7-16(8-10-23)24-19(25)11-15-3-1-2-4-17(15)22-24/h5-6,11,13,16H,1-4,7-10H2. The normalized spacial score (nSPS) is 17.8. The van der Waals surface area contributed by atoms with Crippen molar-refractivity contribution in [2.24, 2.45) is 0 Å². The second-order valence-electron chi connectivity index (χ2n) is 6.84. The number of hydrogen-bond acceptors (Lipinski definition) is 5. The van der Waals surface area contributed by atoms with Crippen molar-refractivity contribution in [1.29, 1.82) is 5.26 Å². The number of pyridine rings is 1. The molecule has 1 aliphatic heterocycles. The maximum atomic E-state index is 12.5. The van der Waals surface area contributed by atoms with Crippen molar-refractivity contribution in [2.45, 2.75) is 44.6 Å². The first-order chi connectivity index (χ1) is 12.2. The van der Waals surface area contributed by atoms with Gasteiger partial charge in [-0.05, 0) is 56.2 Å². The van der Waals surface area contributed by atoms with Gasteiger partial charge in [-0.25, -0.2) is 9.67 Å². The summed E-state index contributed by atoms with van der Waals surface area (Å²) in [5.74, 6) is 0.892. The van der Waals surface area contributed by atoms with Crippen molar-refractivity contribution >= 4 is 5.82 Å². The smallest absolute Gasteiger partial charge is 0.267 e. The molecule has 0 saturated carbocycles. The highest BCUT2D eigenvalue weighted by atomic mass is 16.1. The monoisotopic (exact) mass is 335 g/mol. The first-order valence-electron chi connectivity index (χ1n) is 8.97. The molecule has 0 N–H and O–H groups in total. The number of nitriles is 1. The van der Waals surface area contributed by atoms with E-state index in [1.54, 1.807) is 23.0 Å². The summed E-state index contributed by atoms with van der Waals surface area (Å²) in [4.78, 5) is 19.0. The fraction of sp³-hybridized carbons (Fsp3) is 0.474. The van der Waals surface area contributed by atoms with Crippen LogP contribution in [0, 0.1) is 11.3 Å². The van der Waals surface area contributed by atoms with E-state index < -0.39 is 0 Å². The Balaban J connectivity index is 1.48. The van der Waals surface area contributed by atoms with Crippen LogP contribution in [0.4, 0.5) is 5.82 Å². The fourth-order valence-corrected chi connectivity index (χ4v) is 3.82. The lowest BCUT2D eigenvalue weighted by Crippen LogP contribution is -2.39. The van der Waals surface area contributed by atoms with Gasteiger partial charge in [-0.2, -0.15) is 10.4 Å². The molecule has 0 spiro atoms. The van der Waals surface area contributed by atoms with Crippen molar-refractivity contribution in [3.05, 3.63) is 51.6 Å². The molecule has 0 aromatic carbocycles. The Morgan fingerprint density at radius 3 is 2.68 bits per heavy atom. The zero-order chi connectivity index (χ0) is 17.2. The van der Waals surface area contributed by atoms with E-state index >= 15 is 0 Å². The van der Waals surface area contributed by atoms with Gasteiger partial charge in [0.1, 0.15) is 11.9 Å². The predicted octanol–water partition coefficient (Wildman–Crippen LogP) is 2.23. The largest absolute Gasteiger partial charge is 0.356 e. The van der Waals surface area contributed by atoms with Crippen LogP contribution in [0.1, 0.15) is 48.5 Å². The minimum atomic E-state index is 0.0376. The number of hydrogen-bond donors (Lipinski definition) is 0. The summed E-state index contributed by atoms with van der Waals surface area (Å²) in [6.07, 6.45) is 7.68. The van der Waals surface area contributed by atoms with Gasteiger partial charge < -0.3 is 4.90 Å². The molecule has 2 aromatic rings. The van der Waals surface area contributed by atoms with Crippen LogP contribution in [0.15, 0.2) is 29.2 Å². The molecule has 0 atom stereocenters. The van der Waals surface area contributed by atoms with Crippen LogP contribution in [0.2, 0.25) is 0 Å². The minimum absolute atomic E-state index is 0.0376. The molecule has 25 heavy (non-hydrogen) atoms. The summed E-state index contributed by atoms with van der Waals surface area (Å²) in [5.41, 5.74) is 2.87. The van der Waals surface area contributed by atoms with Crippen molar-refractivity contribution in [3.8, 4) is 6.07 Å². The molecule has 6 heteroatoms. The molecule has 0 radical (unpaired) electrons. The van der Waals surface area contributed by atoms with Crippen molar-refractivity contribution in [1.82, 2.24) is 14.8 Å². The van der Waals surface area contributed by atoms with Crippen LogP contribution in [-0.2, 0) is 12.8 Å². The molecule has 4 rings (SSSR count). The maximum Gasteiger partial charge on any atom is 0.267 e. The van der Waals surface area contributed by atoms with Gasteiger partial charge in [-0.3, -0.25) is 4.79 Å². The van der Waals surface area contributed by atoms with Crippen molar-refractivity contribution < 1.29 is 0 Å². The van der Waals surface area contributed by atoms with E-state index in [0.29, 0.717) is 5.56 Å². The molecule has 6 nitrogen and oxygen atoms in total. The summed E-state index contributed by atoms with van der Waals surface area (Å²) >= 11 is 0. The fourth-order valence-electron chi connectivity index (χ4n) is 3.82. The molecule has 1 aliphatic carbocycles. The molecule has 2 aliphatic rings. The number of fused-ring (bicyclic) bond motifs is 1. The van der Waals surface area contributed by atoms with Crippen LogP contribution >= 0.6 is 0 Å². The van der Waals surface area contributed by atoms with Crippen LogP contribution < -0.4 is 10.5 Å². The number of anilines is 1. The molecule has 0 bridgehead atoms.